The van der Waals surface area contributed by atoms with Gasteiger partial charge in [-0.05, 0) is 30.2 Å². The van der Waals surface area contributed by atoms with Gasteiger partial charge in [0, 0.05) is 17.7 Å². The van der Waals surface area contributed by atoms with Gasteiger partial charge < -0.3 is 11.1 Å². The van der Waals surface area contributed by atoms with Crippen molar-refractivity contribution in [1.82, 2.24) is 10.2 Å². The Morgan fingerprint density at radius 1 is 1.32 bits per heavy atom. The van der Waals surface area contributed by atoms with Crippen molar-refractivity contribution in [3.63, 3.8) is 0 Å². The smallest absolute Gasteiger partial charge is 0.226 e. The highest BCUT2D eigenvalue weighted by molar-refractivity contribution is 7.18. The third-order valence-electron chi connectivity index (χ3n) is 2.42. The van der Waals surface area contributed by atoms with E-state index in [0.29, 0.717) is 23.2 Å². The quantitative estimate of drug-likeness (QED) is 0.841. The molecule has 2 aromatic rings. The van der Waals surface area contributed by atoms with E-state index < -0.39 is 0 Å². The Morgan fingerprint density at radius 3 is 2.63 bits per heavy atom. The summed E-state index contributed by atoms with van der Waals surface area (Å²) in [6.45, 7) is 4.00. The summed E-state index contributed by atoms with van der Waals surface area (Å²) in [6, 6.07) is 7.40. The van der Waals surface area contributed by atoms with Crippen LogP contribution in [0.3, 0.4) is 0 Å². The molecule has 5 nitrogen and oxygen atoms in total. The molecule has 1 heterocycles. The summed E-state index contributed by atoms with van der Waals surface area (Å²) in [5, 5.41) is 12.1. The van der Waals surface area contributed by atoms with Crippen LogP contribution in [0.25, 0.3) is 10.6 Å². The van der Waals surface area contributed by atoms with E-state index >= 15 is 0 Å². The summed E-state index contributed by atoms with van der Waals surface area (Å²) in [5.74, 6) is 0.291. The largest absolute Gasteiger partial charge is 0.399 e. The summed E-state index contributed by atoms with van der Waals surface area (Å²) in [4.78, 5) is 11.6. The molecule has 0 bridgehead atoms. The molecule has 6 heteroatoms. The Kier molecular flexibility index (Phi) is 4.11. The molecule has 19 heavy (non-hydrogen) atoms. The van der Waals surface area contributed by atoms with Crippen LogP contribution < -0.4 is 11.1 Å². The second-order valence-corrected chi connectivity index (χ2v) is 5.66. The predicted octanol–water partition coefficient (Wildman–Crippen LogP) is 2.77. The molecule has 0 spiro atoms. The van der Waals surface area contributed by atoms with E-state index in [2.05, 4.69) is 15.5 Å². The van der Waals surface area contributed by atoms with Crippen LogP contribution in [-0.4, -0.2) is 16.1 Å². The number of hydrogen-bond donors (Lipinski definition) is 2. The number of carbonyl (C=O) groups is 1. The summed E-state index contributed by atoms with van der Waals surface area (Å²) in [5.41, 5.74) is 7.28. The molecular formula is C13H16N4OS. The number of nitrogen functional groups attached to an aromatic ring is 1. The van der Waals surface area contributed by atoms with Gasteiger partial charge in [-0.2, -0.15) is 0 Å². The molecule has 0 radical (unpaired) electrons. The van der Waals surface area contributed by atoms with Crippen molar-refractivity contribution < 1.29 is 4.79 Å². The summed E-state index contributed by atoms with van der Waals surface area (Å²) in [7, 11) is 0. The first-order valence-electron chi connectivity index (χ1n) is 6.04. The molecule has 0 saturated heterocycles. The van der Waals surface area contributed by atoms with Crippen LogP contribution in [0, 0.1) is 5.92 Å². The molecule has 0 unspecified atom stereocenters. The number of nitrogens with zero attached hydrogens (tertiary/aromatic N) is 2. The van der Waals surface area contributed by atoms with E-state index in [9.17, 15) is 4.79 Å². The Morgan fingerprint density at radius 2 is 2.00 bits per heavy atom. The fourth-order valence-electron chi connectivity index (χ4n) is 1.56. The number of benzene rings is 1. The molecule has 0 saturated carbocycles. The minimum Gasteiger partial charge on any atom is -0.399 e. The molecule has 100 valence electrons. The van der Waals surface area contributed by atoms with Gasteiger partial charge in [-0.1, -0.05) is 25.2 Å². The number of carbonyl (C=O) groups excluding carboxylic acids is 1. The van der Waals surface area contributed by atoms with Crippen molar-refractivity contribution in [2.75, 3.05) is 11.1 Å². The highest BCUT2D eigenvalue weighted by Gasteiger charge is 2.10. The Hall–Kier alpha value is -1.95. The molecule has 2 rings (SSSR count). The molecule has 1 aromatic carbocycles. The van der Waals surface area contributed by atoms with Crippen LogP contribution in [-0.2, 0) is 4.79 Å². The van der Waals surface area contributed by atoms with Gasteiger partial charge in [0.1, 0.15) is 5.01 Å². The monoisotopic (exact) mass is 276 g/mol. The maximum Gasteiger partial charge on any atom is 0.226 e. The van der Waals surface area contributed by atoms with Crippen LogP contribution in [0.4, 0.5) is 10.8 Å². The highest BCUT2D eigenvalue weighted by atomic mass is 32.1. The van der Waals surface area contributed by atoms with E-state index in [-0.39, 0.29) is 5.91 Å². The van der Waals surface area contributed by atoms with E-state index in [1.807, 2.05) is 38.1 Å². The lowest BCUT2D eigenvalue weighted by Crippen LogP contribution is -2.13. The SMILES string of the molecule is CC(C)CC(=O)Nc1nnc(-c2ccc(N)cc2)s1. The Balaban J connectivity index is 2.07. The first-order chi connectivity index (χ1) is 9.04. The summed E-state index contributed by atoms with van der Waals surface area (Å²) < 4.78 is 0. The molecular weight excluding hydrogens is 260 g/mol. The number of nitrogens with one attached hydrogen (secondary N) is 1. The van der Waals surface area contributed by atoms with Crippen LogP contribution in [0.5, 0.6) is 0 Å². The van der Waals surface area contributed by atoms with Gasteiger partial charge in [-0.3, -0.25) is 4.79 Å². The Labute approximate surface area is 115 Å². The maximum atomic E-state index is 11.6. The number of aromatic nitrogens is 2. The van der Waals surface area contributed by atoms with Gasteiger partial charge in [0.15, 0.2) is 0 Å². The molecule has 0 aliphatic rings. The predicted molar refractivity (Wildman–Crippen MR) is 77.8 cm³/mol. The zero-order chi connectivity index (χ0) is 13.8. The number of anilines is 2. The fourth-order valence-corrected chi connectivity index (χ4v) is 2.32. The molecule has 0 aliphatic heterocycles. The first-order valence-corrected chi connectivity index (χ1v) is 6.85. The third-order valence-corrected chi connectivity index (χ3v) is 3.31. The van der Waals surface area contributed by atoms with Crippen molar-refractivity contribution >= 4 is 28.1 Å². The van der Waals surface area contributed by atoms with Gasteiger partial charge in [-0.15, -0.1) is 10.2 Å². The van der Waals surface area contributed by atoms with Gasteiger partial charge in [0.2, 0.25) is 11.0 Å². The molecule has 3 N–H and O–H groups in total. The minimum atomic E-state index is -0.0324. The normalized spacial score (nSPS) is 10.7. The molecule has 0 fully saturated rings. The highest BCUT2D eigenvalue weighted by Crippen LogP contribution is 2.26. The fraction of sp³-hybridized carbons (Fsp3) is 0.308. The van der Waals surface area contributed by atoms with Gasteiger partial charge in [-0.25, -0.2) is 0 Å². The standard InChI is InChI=1S/C13H16N4OS/c1-8(2)7-11(18)15-13-17-16-12(19-13)9-3-5-10(14)6-4-9/h3-6,8H,7,14H2,1-2H3,(H,15,17,18). The topological polar surface area (TPSA) is 80.9 Å². The molecule has 1 amide bonds. The summed E-state index contributed by atoms with van der Waals surface area (Å²) >= 11 is 1.35. The van der Waals surface area contributed by atoms with Crippen molar-refractivity contribution in [2.24, 2.45) is 5.92 Å². The third kappa shape index (κ3) is 3.75. The zero-order valence-electron chi connectivity index (χ0n) is 10.9. The lowest BCUT2D eigenvalue weighted by atomic mass is 10.1. The van der Waals surface area contributed by atoms with E-state index in [1.165, 1.54) is 11.3 Å². The number of amides is 1. The van der Waals surface area contributed by atoms with E-state index in [1.54, 1.807) is 0 Å². The van der Waals surface area contributed by atoms with Gasteiger partial charge >= 0.3 is 0 Å². The van der Waals surface area contributed by atoms with Crippen molar-refractivity contribution in [1.29, 1.82) is 0 Å². The number of nitrogens with two attached hydrogens (primary N) is 1. The van der Waals surface area contributed by atoms with E-state index in [0.717, 1.165) is 10.6 Å². The lowest BCUT2D eigenvalue weighted by Gasteiger charge is -2.02. The average Bonchev–Trinajstić information content (AvgIpc) is 2.77. The van der Waals surface area contributed by atoms with Crippen molar-refractivity contribution in [3.8, 4) is 10.6 Å². The first kappa shape index (κ1) is 13.5. The summed E-state index contributed by atoms with van der Waals surface area (Å²) in [6.07, 6.45) is 0.483. The second kappa shape index (κ2) is 5.79. The van der Waals surface area contributed by atoms with Gasteiger partial charge in [0.25, 0.3) is 0 Å². The van der Waals surface area contributed by atoms with Crippen molar-refractivity contribution in [2.45, 2.75) is 20.3 Å². The second-order valence-electron chi connectivity index (χ2n) is 4.68. The minimum absolute atomic E-state index is 0.0324. The Bertz CT molecular complexity index is 562. The maximum absolute atomic E-state index is 11.6. The molecule has 1 aromatic heterocycles. The van der Waals surface area contributed by atoms with Gasteiger partial charge in [0.05, 0.1) is 0 Å². The zero-order valence-corrected chi connectivity index (χ0v) is 11.7. The number of hydrogen-bond acceptors (Lipinski definition) is 5. The van der Waals surface area contributed by atoms with Crippen LogP contribution >= 0.6 is 11.3 Å². The van der Waals surface area contributed by atoms with Crippen LogP contribution in [0.2, 0.25) is 0 Å². The van der Waals surface area contributed by atoms with Crippen LogP contribution in [0.1, 0.15) is 20.3 Å². The average molecular weight is 276 g/mol. The van der Waals surface area contributed by atoms with Crippen LogP contribution in [0.15, 0.2) is 24.3 Å². The lowest BCUT2D eigenvalue weighted by molar-refractivity contribution is -0.116. The van der Waals surface area contributed by atoms with E-state index in [4.69, 9.17) is 5.73 Å². The van der Waals surface area contributed by atoms with Crippen molar-refractivity contribution in [3.05, 3.63) is 24.3 Å². The molecule has 0 aliphatic carbocycles. The number of rotatable bonds is 4. The molecule has 0 atom stereocenters.